The van der Waals surface area contributed by atoms with Crippen LogP contribution < -0.4 is 27.0 Å². The van der Waals surface area contributed by atoms with Gasteiger partial charge in [-0.05, 0) is 68.4 Å². The fourth-order valence-electron chi connectivity index (χ4n) is 7.86. The van der Waals surface area contributed by atoms with Gasteiger partial charge in [0.15, 0.2) is 5.82 Å². The van der Waals surface area contributed by atoms with E-state index in [1.54, 1.807) is 28.9 Å². The lowest BCUT2D eigenvalue weighted by molar-refractivity contribution is -0.192. The summed E-state index contributed by atoms with van der Waals surface area (Å²) in [5, 5.41) is 31.3. The molecular weight excluding hydrogens is 920 g/mol. The van der Waals surface area contributed by atoms with Gasteiger partial charge in [-0.2, -0.15) is 13.2 Å². The van der Waals surface area contributed by atoms with Crippen molar-refractivity contribution in [3.8, 4) is 11.1 Å². The predicted octanol–water partition coefficient (Wildman–Crippen LogP) is 6.43. The van der Waals surface area contributed by atoms with Gasteiger partial charge in [-0.25, -0.2) is 19.6 Å². The Morgan fingerprint density at radius 1 is 0.929 bits per heavy atom. The lowest BCUT2D eigenvalue weighted by Crippen LogP contribution is -2.52. The maximum Gasteiger partial charge on any atom is 0.490 e. The Bertz CT molecular complexity index is 2920. The van der Waals surface area contributed by atoms with Crippen LogP contribution >= 0.6 is 0 Å². The second-order valence-electron chi connectivity index (χ2n) is 17.6. The summed E-state index contributed by atoms with van der Waals surface area (Å²) in [4.78, 5) is 81.9. The van der Waals surface area contributed by atoms with Crippen molar-refractivity contribution in [2.75, 3.05) is 21.7 Å². The third-order valence-corrected chi connectivity index (χ3v) is 11.4. The number of piperidine rings is 1. The molecule has 0 spiro atoms. The van der Waals surface area contributed by atoms with Crippen LogP contribution in [0.1, 0.15) is 93.1 Å². The summed E-state index contributed by atoms with van der Waals surface area (Å²) in [6.45, 7) is 7.49. The molecule has 21 nitrogen and oxygen atoms in total. The number of hydrogen-bond donors (Lipinski definition) is 6. The first kappa shape index (κ1) is 49.7. The van der Waals surface area contributed by atoms with Crippen LogP contribution in [-0.4, -0.2) is 92.5 Å². The number of carbonyl (C=O) groups is 6. The molecule has 1 fully saturated rings. The van der Waals surface area contributed by atoms with E-state index in [2.05, 4.69) is 51.3 Å². The summed E-state index contributed by atoms with van der Waals surface area (Å²) in [5.74, 6) is -2.65. The van der Waals surface area contributed by atoms with E-state index in [1.165, 1.54) is 11.2 Å². The van der Waals surface area contributed by atoms with Crippen LogP contribution in [0.25, 0.3) is 22.2 Å². The maximum atomic E-state index is 13.1. The van der Waals surface area contributed by atoms with Crippen molar-refractivity contribution in [2.24, 2.45) is 0 Å². The number of anilines is 4. The Morgan fingerprint density at radius 3 is 2.37 bits per heavy atom. The van der Waals surface area contributed by atoms with E-state index in [0.717, 1.165) is 53.5 Å². The van der Waals surface area contributed by atoms with Crippen molar-refractivity contribution < 1.29 is 51.6 Å². The maximum absolute atomic E-state index is 13.1. The average molecular weight is 970 g/mol. The number of carbonyl (C=O) groups excluding carboxylic acids is 5. The minimum Gasteiger partial charge on any atom is -0.475 e. The van der Waals surface area contributed by atoms with Gasteiger partial charge in [0.05, 0.1) is 11.1 Å². The Kier molecular flexibility index (Phi) is 14.9. The number of amides is 6. The van der Waals surface area contributed by atoms with Gasteiger partial charge < -0.3 is 35.5 Å². The molecule has 0 radical (unpaired) electrons. The Morgan fingerprint density at radius 2 is 1.67 bits per heavy atom. The molecule has 6 amide bonds. The number of urea groups is 1. The molecular formula is C46H50F3N13O8. The fraction of sp³-hybridized carbons (Fsp3) is 0.370. The highest BCUT2D eigenvalue weighted by atomic mass is 19.4. The number of nitrogens with two attached hydrogens (primary N) is 1. The molecule has 1 saturated heterocycles. The molecule has 6 heterocycles. The molecule has 1 atom stereocenters. The molecule has 0 bridgehead atoms. The zero-order chi connectivity index (χ0) is 50.3. The third kappa shape index (κ3) is 12.1. The predicted molar refractivity (Wildman–Crippen MR) is 247 cm³/mol. The summed E-state index contributed by atoms with van der Waals surface area (Å²) >= 11 is 0. The number of halogens is 3. The number of aromatic nitrogens is 7. The van der Waals surface area contributed by atoms with Crippen LogP contribution in [0.15, 0.2) is 71.8 Å². The average Bonchev–Trinajstić information content (AvgIpc) is 4.11. The van der Waals surface area contributed by atoms with E-state index in [4.69, 9.17) is 20.2 Å². The van der Waals surface area contributed by atoms with Gasteiger partial charge in [0, 0.05) is 84.4 Å². The quantitative estimate of drug-likeness (QED) is 0.0478. The number of alkyl halides is 3. The van der Waals surface area contributed by atoms with Crippen molar-refractivity contribution in [3.05, 3.63) is 89.8 Å². The number of benzene rings is 2. The minimum absolute atomic E-state index is 0.169. The molecule has 2 aliphatic heterocycles. The van der Waals surface area contributed by atoms with E-state index >= 15 is 0 Å². The van der Waals surface area contributed by atoms with Crippen molar-refractivity contribution in [1.29, 1.82) is 0 Å². The van der Waals surface area contributed by atoms with Gasteiger partial charge in [-0.3, -0.25) is 34.5 Å². The Hall–Kier alpha value is -8.18. The highest BCUT2D eigenvalue weighted by Crippen LogP contribution is 2.35. The normalized spacial score (nSPS) is 14.7. The zero-order valence-corrected chi connectivity index (χ0v) is 38.3. The first-order valence-electron chi connectivity index (χ1n) is 22.3. The first-order chi connectivity index (χ1) is 33.2. The van der Waals surface area contributed by atoms with E-state index in [1.807, 2.05) is 57.4 Å². The molecule has 70 heavy (non-hydrogen) atoms. The van der Waals surface area contributed by atoms with Crippen molar-refractivity contribution >= 4 is 69.7 Å². The van der Waals surface area contributed by atoms with Gasteiger partial charge >= 0.3 is 18.2 Å². The number of hydrogen-bond acceptors (Lipinski definition) is 13. The van der Waals surface area contributed by atoms with Gasteiger partial charge in [-0.1, -0.05) is 49.3 Å². The van der Waals surface area contributed by atoms with Crippen LogP contribution in [0, 0.1) is 0 Å². The van der Waals surface area contributed by atoms with Crippen molar-refractivity contribution in [2.45, 2.75) is 109 Å². The lowest BCUT2D eigenvalue weighted by Gasteiger charge is -2.29. The van der Waals surface area contributed by atoms with Gasteiger partial charge in [0.25, 0.3) is 5.91 Å². The zero-order valence-electron chi connectivity index (χ0n) is 38.3. The monoisotopic (exact) mass is 969 g/mol. The molecule has 2 aromatic carbocycles. The number of nitrogen functional groups attached to an aromatic ring is 1. The summed E-state index contributed by atoms with van der Waals surface area (Å²) in [5.41, 5.74) is 11.8. The number of rotatable bonds is 15. The molecule has 1 unspecified atom stereocenters. The molecule has 7 N–H and O–H groups in total. The van der Waals surface area contributed by atoms with Gasteiger partial charge in [0.1, 0.15) is 29.6 Å². The molecule has 2 aliphatic rings. The summed E-state index contributed by atoms with van der Waals surface area (Å²) in [6.07, 6.45) is 4.88. The van der Waals surface area contributed by atoms with Crippen molar-refractivity contribution in [1.82, 2.24) is 44.9 Å². The van der Waals surface area contributed by atoms with E-state index in [-0.39, 0.29) is 48.9 Å². The highest BCUT2D eigenvalue weighted by Gasteiger charge is 2.40. The molecule has 0 saturated carbocycles. The van der Waals surface area contributed by atoms with E-state index in [9.17, 15) is 37.1 Å². The largest absolute Gasteiger partial charge is 0.490 e. The van der Waals surface area contributed by atoms with Gasteiger partial charge in [0.2, 0.25) is 17.7 Å². The number of imide groups is 1. The standard InChI is InChI=1S/C44H49N13O6.C2HF3O2/c1-44(2,3)34-21-35(53-63-34)50-43(62)48-27-15-13-26(14-16-27)30-23-55(40-38(30)39(45)46-25-47-40)19-6-4-9-28-22-56(54-52-28)20-7-5-12-36(58)49-32-11-8-10-29-31(32)24-57(42(29)61)33-17-18-37(59)51-41(33)60;3-2(4,5)1(6)7/h8,10-11,13-16,21-23,25,33H,4-7,9,12,17-20,24H2,1-3H3,(H,49,58)(H2,45,46,47)(H,51,59,60)(H2,48,50,53,62);(H,6,7). The summed E-state index contributed by atoms with van der Waals surface area (Å²) < 4.78 is 41.0. The van der Waals surface area contributed by atoms with Crippen molar-refractivity contribution in [3.63, 3.8) is 0 Å². The van der Waals surface area contributed by atoms with Crippen LogP contribution in [-0.2, 0) is 50.6 Å². The smallest absolute Gasteiger partial charge is 0.475 e. The van der Waals surface area contributed by atoms with Crippen LogP contribution in [0.4, 0.5) is 41.0 Å². The summed E-state index contributed by atoms with van der Waals surface area (Å²) in [7, 11) is 0. The topological polar surface area (TPSA) is 287 Å². The first-order valence-corrected chi connectivity index (χ1v) is 22.3. The van der Waals surface area contributed by atoms with Crippen LogP contribution in [0.2, 0.25) is 0 Å². The number of aryl methyl sites for hydroxylation is 3. The number of aliphatic carboxylic acids is 1. The minimum atomic E-state index is -5.08. The molecule has 4 aromatic heterocycles. The number of nitrogens with zero attached hydrogens (tertiary/aromatic N) is 8. The van der Waals surface area contributed by atoms with Crippen LogP contribution in [0.3, 0.4) is 0 Å². The Labute approximate surface area is 397 Å². The van der Waals surface area contributed by atoms with E-state index < -0.39 is 30.1 Å². The second-order valence-corrected chi connectivity index (χ2v) is 17.6. The number of unbranched alkanes of at least 4 members (excludes halogenated alkanes) is 2. The summed E-state index contributed by atoms with van der Waals surface area (Å²) in [6, 6.07) is 13.2. The molecule has 368 valence electrons. The number of nitrogens with one attached hydrogen (secondary N) is 4. The Balaban J connectivity index is 0.000000959. The molecule has 0 aliphatic carbocycles. The fourth-order valence-corrected chi connectivity index (χ4v) is 7.86. The van der Waals surface area contributed by atoms with Gasteiger partial charge in [-0.15, -0.1) is 5.10 Å². The third-order valence-electron chi connectivity index (χ3n) is 11.4. The van der Waals surface area contributed by atoms with E-state index in [0.29, 0.717) is 59.4 Å². The lowest BCUT2D eigenvalue weighted by atomic mass is 9.93. The molecule has 24 heteroatoms. The molecule has 8 rings (SSSR count). The van der Waals surface area contributed by atoms with Crippen LogP contribution in [0.5, 0.6) is 0 Å². The number of fused-ring (bicyclic) bond motifs is 2. The molecule has 6 aromatic rings. The number of carboxylic acids is 1. The SMILES string of the molecule is CC(C)(C)c1cc(NC(=O)Nc2ccc(-c3cn(CCCCc4cn(CCCCC(=O)Nc5cccc6c5CN(C5CCC(=O)NC5=O)C6=O)nn4)c4ncnc(N)c34)cc2)no1.O=C(O)C(F)(F)F. The second kappa shape index (κ2) is 21.0. The highest BCUT2D eigenvalue weighted by molar-refractivity contribution is 6.07. The number of carboxylic acid groups (broad SMARTS) is 1.